The number of likely N-dealkylation sites (tertiary alicyclic amines) is 1. The Balaban J connectivity index is 1.21. The van der Waals surface area contributed by atoms with E-state index in [1.165, 1.54) is 16.0 Å². The molecule has 7 heteroatoms. The number of piperidine rings is 1. The van der Waals surface area contributed by atoms with Crippen LogP contribution < -0.4 is 5.32 Å². The number of carbonyl (C=O) groups excluding carboxylic acids is 3. The number of nitrogens with one attached hydrogen (secondary N) is 1. The molecular weight excluding hydrogens is 438 g/mol. The van der Waals surface area contributed by atoms with Crippen molar-refractivity contribution in [2.24, 2.45) is 5.92 Å². The summed E-state index contributed by atoms with van der Waals surface area (Å²) in [6.07, 6.45) is 3.14. The lowest BCUT2D eigenvalue weighted by Gasteiger charge is -2.39. The number of carbonyl (C=O) groups is 3. The van der Waals surface area contributed by atoms with Crippen molar-refractivity contribution in [3.63, 3.8) is 0 Å². The number of imide groups is 1. The van der Waals surface area contributed by atoms with E-state index in [0.29, 0.717) is 50.2 Å². The second-order valence-electron chi connectivity index (χ2n) is 9.60. The molecule has 1 atom stereocenters. The number of hydrogen-bond acceptors (Lipinski definition) is 3. The summed E-state index contributed by atoms with van der Waals surface area (Å²) in [7, 11) is 0. The summed E-state index contributed by atoms with van der Waals surface area (Å²) in [6, 6.07) is 15.1. The summed E-state index contributed by atoms with van der Waals surface area (Å²) in [5.74, 6) is -0.0494. The molecule has 0 radical (unpaired) electrons. The van der Waals surface area contributed by atoms with Gasteiger partial charge in [-0.1, -0.05) is 48.0 Å². The number of fused-ring (bicyclic) bond motifs is 1. The SMILES string of the molecule is CC1(C2CCN(C(=O)Cc3ccc(Cl)cc3)CC2)NC(=O)N(C2Cc3ccccc3C2)C1=O. The largest absolute Gasteiger partial charge is 0.342 e. The molecule has 0 aromatic heterocycles. The van der Waals surface area contributed by atoms with E-state index in [1.54, 1.807) is 12.1 Å². The highest BCUT2D eigenvalue weighted by Crippen LogP contribution is 2.36. The lowest BCUT2D eigenvalue weighted by atomic mass is 9.78. The molecule has 1 aliphatic carbocycles. The van der Waals surface area contributed by atoms with Gasteiger partial charge in [0.2, 0.25) is 5.91 Å². The molecule has 2 fully saturated rings. The first-order valence-electron chi connectivity index (χ1n) is 11.6. The number of benzene rings is 2. The molecule has 2 aromatic rings. The molecule has 5 rings (SSSR count). The summed E-state index contributed by atoms with van der Waals surface area (Å²) in [4.78, 5) is 42.5. The standard InChI is InChI=1S/C26H28ClN3O3/c1-26(20-10-12-29(13-11-20)23(31)14-17-6-8-21(27)9-7-17)24(32)30(25(33)28-26)22-15-18-4-2-3-5-19(18)16-22/h2-9,20,22H,10-16H2,1H3,(H,28,33). The first-order chi connectivity index (χ1) is 15.8. The average molecular weight is 466 g/mol. The van der Waals surface area contributed by atoms with E-state index >= 15 is 0 Å². The monoisotopic (exact) mass is 465 g/mol. The Morgan fingerprint density at radius 1 is 1.03 bits per heavy atom. The molecule has 0 saturated carbocycles. The van der Waals surface area contributed by atoms with Crippen LogP contribution in [-0.2, 0) is 28.9 Å². The van der Waals surface area contributed by atoms with E-state index in [2.05, 4.69) is 17.4 Å². The Morgan fingerprint density at radius 2 is 1.64 bits per heavy atom. The van der Waals surface area contributed by atoms with Gasteiger partial charge in [0.15, 0.2) is 0 Å². The van der Waals surface area contributed by atoms with Crippen LogP contribution in [0.3, 0.4) is 0 Å². The molecule has 1 unspecified atom stereocenters. The van der Waals surface area contributed by atoms with Gasteiger partial charge < -0.3 is 10.2 Å². The molecule has 3 aliphatic rings. The van der Waals surface area contributed by atoms with Gasteiger partial charge in [-0.3, -0.25) is 14.5 Å². The van der Waals surface area contributed by atoms with Crippen LogP contribution in [-0.4, -0.2) is 52.3 Å². The molecule has 172 valence electrons. The highest BCUT2D eigenvalue weighted by atomic mass is 35.5. The van der Waals surface area contributed by atoms with Gasteiger partial charge in [-0.2, -0.15) is 0 Å². The molecule has 2 heterocycles. The second kappa shape index (κ2) is 8.49. The van der Waals surface area contributed by atoms with Gasteiger partial charge in [-0.25, -0.2) is 4.79 Å². The number of rotatable bonds is 4. The third kappa shape index (κ3) is 4.01. The molecule has 33 heavy (non-hydrogen) atoms. The molecule has 6 nitrogen and oxygen atoms in total. The Morgan fingerprint density at radius 3 is 2.24 bits per heavy atom. The minimum Gasteiger partial charge on any atom is -0.342 e. The van der Waals surface area contributed by atoms with Crippen molar-refractivity contribution in [1.29, 1.82) is 0 Å². The third-order valence-electron chi connectivity index (χ3n) is 7.58. The van der Waals surface area contributed by atoms with Crippen LogP contribution in [0.1, 0.15) is 36.5 Å². The Bertz CT molecular complexity index is 1070. The summed E-state index contributed by atoms with van der Waals surface area (Å²) < 4.78 is 0. The van der Waals surface area contributed by atoms with Crippen LogP contribution in [0.25, 0.3) is 0 Å². The summed E-state index contributed by atoms with van der Waals surface area (Å²) in [5.41, 5.74) is 2.44. The van der Waals surface area contributed by atoms with E-state index in [1.807, 2.05) is 36.1 Å². The zero-order valence-electron chi connectivity index (χ0n) is 18.7. The van der Waals surface area contributed by atoms with Crippen LogP contribution in [0.5, 0.6) is 0 Å². The zero-order chi connectivity index (χ0) is 23.2. The molecule has 2 aliphatic heterocycles. The number of nitrogens with zero attached hydrogens (tertiary/aromatic N) is 2. The first-order valence-corrected chi connectivity index (χ1v) is 12.0. The maximum Gasteiger partial charge on any atom is 0.325 e. The van der Waals surface area contributed by atoms with Crippen LogP contribution in [0.15, 0.2) is 48.5 Å². The Hall–Kier alpha value is -2.86. The third-order valence-corrected chi connectivity index (χ3v) is 7.83. The van der Waals surface area contributed by atoms with Crippen molar-refractivity contribution in [3.8, 4) is 0 Å². The van der Waals surface area contributed by atoms with E-state index in [4.69, 9.17) is 11.6 Å². The van der Waals surface area contributed by atoms with Gasteiger partial charge >= 0.3 is 6.03 Å². The number of urea groups is 1. The molecule has 1 N–H and O–H groups in total. The van der Waals surface area contributed by atoms with Crippen LogP contribution in [0.2, 0.25) is 5.02 Å². The quantitative estimate of drug-likeness (QED) is 0.701. The highest BCUT2D eigenvalue weighted by Gasteiger charge is 2.55. The molecule has 2 aromatic carbocycles. The maximum absolute atomic E-state index is 13.5. The zero-order valence-corrected chi connectivity index (χ0v) is 19.5. The van der Waals surface area contributed by atoms with Crippen molar-refractivity contribution in [2.45, 2.75) is 50.6 Å². The van der Waals surface area contributed by atoms with E-state index < -0.39 is 5.54 Å². The van der Waals surface area contributed by atoms with E-state index in [-0.39, 0.29) is 29.8 Å². The van der Waals surface area contributed by atoms with Crippen LogP contribution >= 0.6 is 11.6 Å². The van der Waals surface area contributed by atoms with Gasteiger partial charge in [0.25, 0.3) is 5.91 Å². The van der Waals surface area contributed by atoms with Gasteiger partial charge in [-0.05, 0) is 67.3 Å². The molecule has 0 spiro atoms. The highest BCUT2D eigenvalue weighted by molar-refractivity contribution is 6.30. The van der Waals surface area contributed by atoms with Crippen molar-refractivity contribution in [1.82, 2.24) is 15.1 Å². The lowest BCUT2D eigenvalue weighted by molar-refractivity contribution is -0.136. The summed E-state index contributed by atoms with van der Waals surface area (Å²) >= 11 is 5.93. The van der Waals surface area contributed by atoms with Gasteiger partial charge in [-0.15, -0.1) is 0 Å². The summed E-state index contributed by atoms with van der Waals surface area (Å²) in [5, 5.41) is 3.67. The first kappa shape index (κ1) is 22.0. The van der Waals surface area contributed by atoms with E-state index in [9.17, 15) is 14.4 Å². The fraction of sp³-hybridized carbons (Fsp3) is 0.423. The van der Waals surface area contributed by atoms with Crippen LogP contribution in [0, 0.1) is 5.92 Å². The van der Waals surface area contributed by atoms with Gasteiger partial charge in [0, 0.05) is 24.2 Å². The fourth-order valence-electron chi connectivity index (χ4n) is 5.60. The smallest absolute Gasteiger partial charge is 0.325 e. The minimum atomic E-state index is -0.919. The number of hydrogen-bond donors (Lipinski definition) is 1. The predicted molar refractivity (Wildman–Crippen MR) is 126 cm³/mol. The van der Waals surface area contributed by atoms with Crippen molar-refractivity contribution in [3.05, 3.63) is 70.2 Å². The van der Waals surface area contributed by atoms with Crippen LogP contribution in [0.4, 0.5) is 4.79 Å². The summed E-state index contributed by atoms with van der Waals surface area (Å²) in [6.45, 7) is 3.03. The maximum atomic E-state index is 13.5. The Labute approximate surface area is 198 Å². The molecule has 2 saturated heterocycles. The number of halogens is 1. The number of amides is 4. The molecule has 4 amide bonds. The van der Waals surface area contributed by atoms with Gasteiger partial charge in [0.05, 0.1) is 6.42 Å². The van der Waals surface area contributed by atoms with Crippen molar-refractivity contribution < 1.29 is 14.4 Å². The average Bonchev–Trinajstić information content (AvgIpc) is 3.33. The fourth-order valence-corrected chi connectivity index (χ4v) is 5.73. The minimum absolute atomic E-state index is 0.00214. The molecule has 0 bridgehead atoms. The van der Waals surface area contributed by atoms with Crippen molar-refractivity contribution >= 4 is 29.4 Å². The van der Waals surface area contributed by atoms with Gasteiger partial charge in [0.1, 0.15) is 5.54 Å². The second-order valence-corrected chi connectivity index (χ2v) is 10.0. The van der Waals surface area contributed by atoms with E-state index in [0.717, 1.165) is 5.56 Å². The Kier molecular flexibility index (Phi) is 5.65. The lowest BCUT2D eigenvalue weighted by Crippen LogP contribution is -2.55. The predicted octanol–water partition coefficient (Wildman–Crippen LogP) is 3.60. The topological polar surface area (TPSA) is 69.7 Å². The normalized spacial score (nSPS) is 23.7. The molecular formula is C26H28ClN3O3. The van der Waals surface area contributed by atoms with Crippen molar-refractivity contribution in [2.75, 3.05) is 13.1 Å².